The molecule has 0 N–H and O–H groups in total. The van der Waals surface area contributed by atoms with Crippen LogP contribution >= 0.6 is 0 Å². The van der Waals surface area contributed by atoms with Crippen molar-refractivity contribution in [2.24, 2.45) is 0 Å². The molecule has 0 spiro atoms. The molecule has 5 heavy (non-hydrogen) atoms. The second-order valence-corrected chi connectivity index (χ2v) is 0. The summed E-state index contributed by atoms with van der Waals surface area (Å²) in [4.78, 5) is 0. The first-order valence-corrected chi connectivity index (χ1v) is 0.753. The molecule has 0 bridgehead atoms. The van der Waals surface area contributed by atoms with E-state index in [9.17, 15) is 0 Å². The number of rotatable bonds is 0. The van der Waals surface area contributed by atoms with Gasteiger partial charge in [0.05, 0.1) is 0 Å². The topological polar surface area (TPSA) is 17.1 Å². The molecular weight excluding hydrogens is 156 g/mol. The van der Waals surface area contributed by atoms with Crippen LogP contribution in [0.25, 0.3) is 0 Å². The molecule has 0 heterocycles. The molecule has 0 aliphatic heterocycles. The van der Waals surface area contributed by atoms with Crippen LogP contribution in [0.1, 0.15) is 1.43 Å². The van der Waals surface area contributed by atoms with Gasteiger partial charge in [0, 0.05) is 35.6 Å². The van der Waals surface area contributed by atoms with Gasteiger partial charge >= 0.3 is 50.6 Å². The van der Waals surface area contributed by atoms with Crippen molar-refractivity contribution in [3.8, 4) is 0 Å². The van der Waals surface area contributed by atoms with Crippen LogP contribution in [0, 0.1) is 0 Å². The summed E-state index contributed by atoms with van der Waals surface area (Å²) in [6.45, 7) is 0. The molecule has 0 unspecified atom stereocenters. The first kappa shape index (κ1) is 25.9. The van der Waals surface area contributed by atoms with Gasteiger partial charge < -0.3 is 1.43 Å². The summed E-state index contributed by atoms with van der Waals surface area (Å²) in [5, 5.41) is 0. The van der Waals surface area contributed by atoms with Crippen molar-refractivity contribution in [2.75, 3.05) is 0 Å². The van der Waals surface area contributed by atoms with E-state index in [1.165, 1.54) is 0 Å². The third-order valence-corrected chi connectivity index (χ3v) is 0. The standard InChI is InChI=1S/Co.Li.Na.O.V.H/q;;+1;;;-1. The zero-order valence-corrected chi connectivity index (χ0v) is 7.63. The van der Waals surface area contributed by atoms with Crippen LogP contribution < -0.4 is 29.6 Å². The molecule has 0 aliphatic rings. The van der Waals surface area contributed by atoms with Crippen molar-refractivity contribution in [1.29, 1.82) is 0 Å². The fourth-order valence-corrected chi connectivity index (χ4v) is 0. The molecular formula is HCoLiNaOV. The van der Waals surface area contributed by atoms with Crippen molar-refractivity contribution >= 4 is 18.9 Å². The van der Waals surface area contributed by atoms with Crippen LogP contribution in [0.2, 0.25) is 0 Å². The number of hydrogen-bond donors (Lipinski definition) is 0. The van der Waals surface area contributed by atoms with Crippen molar-refractivity contribution < 1.29 is 68.8 Å². The fraction of sp³-hybridized carbons (Fsp3) is 0. The Kier molecular flexibility index (Phi) is 164. The summed E-state index contributed by atoms with van der Waals surface area (Å²) < 4.78 is 8.19. The first-order chi connectivity index (χ1) is 1.00. The second-order valence-electron chi connectivity index (χ2n) is 0. The Morgan fingerprint density at radius 3 is 1.40 bits per heavy atom. The van der Waals surface area contributed by atoms with Gasteiger partial charge in [0.2, 0.25) is 0 Å². The van der Waals surface area contributed by atoms with Gasteiger partial charge in [0.25, 0.3) is 0 Å². The van der Waals surface area contributed by atoms with Crippen molar-refractivity contribution in [3.05, 3.63) is 0 Å². The quantitative estimate of drug-likeness (QED) is 0.335. The average Bonchev–Trinajstić information content (AvgIpc) is 1.00. The number of hydrogen-bond acceptors (Lipinski definition) is 1. The minimum absolute atomic E-state index is 0. The molecule has 0 saturated heterocycles. The van der Waals surface area contributed by atoms with E-state index in [1.807, 2.05) is 0 Å². The third kappa shape index (κ3) is 21.1. The second kappa shape index (κ2) is 31.6. The van der Waals surface area contributed by atoms with Gasteiger partial charge in [0.1, 0.15) is 0 Å². The molecule has 0 atom stereocenters. The van der Waals surface area contributed by atoms with Crippen LogP contribution in [-0.2, 0) is 37.8 Å². The van der Waals surface area contributed by atoms with Crippen molar-refractivity contribution in [1.82, 2.24) is 0 Å². The summed E-state index contributed by atoms with van der Waals surface area (Å²) in [6.07, 6.45) is 0. The Bertz CT molecular complexity index is 15.5. The monoisotopic (exact) mass is 157 g/mol. The molecule has 0 rings (SSSR count). The van der Waals surface area contributed by atoms with E-state index in [4.69, 9.17) is 3.67 Å². The SMILES string of the molecule is [Co].[H-].[Li].[Na+].[O]=[V]. The molecule has 5 heteroatoms. The molecule has 0 aromatic rings. The van der Waals surface area contributed by atoms with E-state index in [0.717, 1.165) is 17.4 Å². The van der Waals surface area contributed by atoms with Crippen LogP contribution in [0.15, 0.2) is 0 Å². The van der Waals surface area contributed by atoms with Crippen LogP contribution in [-0.4, -0.2) is 18.9 Å². The maximum absolute atomic E-state index is 8.19. The van der Waals surface area contributed by atoms with Crippen LogP contribution in [0.4, 0.5) is 0 Å². The molecule has 2 radical (unpaired) electrons. The molecule has 23 valence electrons. The van der Waals surface area contributed by atoms with E-state index >= 15 is 0 Å². The molecule has 0 saturated carbocycles. The molecule has 0 aromatic heterocycles. The average molecular weight is 157 g/mol. The first-order valence-electron chi connectivity index (χ1n) is 0.183. The fourth-order valence-electron chi connectivity index (χ4n) is 0. The Balaban J connectivity index is -0.000000000833. The van der Waals surface area contributed by atoms with E-state index in [0.29, 0.717) is 0 Å². The normalized spacial score (nSPS) is 0.600. The summed E-state index contributed by atoms with van der Waals surface area (Å²) in [5.41, 5.74) is 0. The molecule has 0 fully saturated rings. The predicted molar refractivity (Wildman–Crippen MR) is 7.55 cm³/mol. The van der Waals surface area contributed by atoms with Gasteiger partial charge in [-0.15, -0.1) is 0 Å². The van der Waals surface area contributed by atoms with Gasteiger partial charge in [-0.2, -0.15) is 0 Å². The van der Waals surface area contributed by atoms with E-state index in [2.05, 4.69) is 0 Å². The van der Waals surface area contributed by atoms with Crippen LogP contribution in [0.3, 0.4) is 0 Å². The van der Waals surface area contributed by atoms with Crippen molar-refractivity contribution in [3.63, 3.8) is 0 Å². The maximum atomic E-state index is 8.19. The molecule has 0 amide bonds. The van der Waals surface area contributed by atoms with Gasteiger partial charge in [-0.3, -0.25) is 0 Å². The van der Waals surface area contributed by atoms with E-state index < -0.39 is 0 Å². The Morgan fingerprint density at radius 1 is 1.40 bits per heavy atom. The zero-order chi connectivity index (χ0) is 2.00. The van der Waals surface area contributed by atoms with Gasteiger partial charge in [-0.1, -0.05) is 0 Å². The third-order valence-electron chi connectivity index (χ3n) is 0. The van der Waals surface area contributed by atoms with Crippen molar-refractivity contribution in [2.45, 2.75) is 0 Å². The van der Waals surface area contributed by atoms with Gasteiger partial charge in [0.15, 0.2) is 0 Å². The molecule has 0 aliphatic carbocycles. The summed E-state index contributed by atoms with van der Waals surface area (Å²) in [7, 11) is 0. The van der Waals surface area contributed by atoms with E-state index in [1.54, 1.807) is 0 Å². The summed E-state index contributed by atoms with van der Waals surface area (Å²) >= 11 is 1.06. The Labute approximate surface area is 86.4 Å². The molecule has 0 aromatic carbocycles. The van der Waals surface area contributed by atoms with E-state index in [-0.39, 0.29) is 66.6 Å². The Morgan fingerprint density at radius 2 is 1.40 bits per heavy atom. The zero-order valence-electron chi connectivity index (χ0n) is 4.19. The summed E-state index contributed by atoms with van der Waals surface area (Å²) in [5.74, 6) is 0. The Hall–Kier alpha value is 2.49. The van der Waals surface area contributed by atoms with Gasteiger partial charge in [-0.05, 0) is 0 Å². The van der Waals surface area contributed by atoms with Gasteiger partial charge in [-0.25, -0.2) is 0 Å². The minimum atomic E-state index is 0. The van der Waals surface area contributed by atoms with Crippen LogP contribution in [0.5, 0.6) is 0 Å². The molecule has 1 nitrogen and oxygen atoms in total. The predicted octanol–water partition coefficient (Wildman–Crippen LogP) is -3.39. The summed E-state index contributed by atoms with van der Waals surface area (Å²) in [6, 6.07) is 0.